The zero-order chi connectivity index (χ0) is 18.6. The molecule has 1 aliphatic rings. The van der Waals surface area contributed by atoms with E-state index in [1.807, 2.05) is 29.0 Å². The first-order valence-electron chi connectivity index (χ1n) is 9.29. The Hall–Kier alpha value is -2.98. The number of likely N-dealkylation sites (tertiary alicyclic amines) is 1. The van der Waals surface area contributed by atoms with Gasteiger partial charge in [-0.15, -0.1) is 10.2 Å². The fraction of sp³-hybridized carbons (Fsp3) is 0.400. The average molecular weight is 361 g/mol. The minimum atomic E-state index is 0.432. The lowest BCUT2D eigenvalue weighted by molar-refractivity contribution is 0.200. The van der Waals surface area contributed by atoms with Gasteiger partial charge in [-0.1, -0.05) is 18.2 Å². The third-order valence-corrected chi connectivity index (χ3v) is 5.37. The minimum absolute atomic E-state index is 0.432. The first-order valence-corrected chi connectivity index (χ1v) is 9.29. The van der Waals surface area contributed by atoms with Gasteiger partial charge < -0.3 is 9.13 Å². The summed E-state index contributed by atoms with van der Waals surface area (Å²) in [5.74, 6) is 2.46. The summed E-state index contributed by atoms with van der Waals surface area (Å²) in [5, 5.41) is 18.1. The van der Waals surface area contributed by atoms with Crippen molar-refractivity contribution in [1.29, 1.82) is 5.26 Å². The summed E-state index contributed by atoms with van der Waals surface area (Å²) < 4.78 is 4.13. The van der Waals surface area contributed by atoms with Crippen LogP contribution in [-0.2, 0) is 20.1 Å². The molecule has 0 unspecified atom stereocenters. The SMILES string of the molecule is Cn1c(Cn2ccnc2)nnc1C1CCN(Cc2ccccc2C#N)CC1. The number of benzene rings is 1. The lowest BCUT2D eigenvalue weighted by Crippen LogP contribution is -2.33. The molecular weight excluding hydrogens is 338 g/mol. The first kappa shape index (κ1) is 17.4. The standard InChI is InChI=1S/C20H23N7/c1-25-19(14-27-11-8-22-15-27)23-24-20(25)16-6-9-26(10-7-16)13-18-5-3-2-4-17(18)12-21/h2-5,8,11,15-16H,6-7,9-10,13-14H2,1H3. The Kier molecular flexibility index (Phi) is 4.99. The van der Waals surface area contributed by atoms with Crippen molar-refractivity contribution in [3.05, 3.63) is 65.8 Å². The van der Waals surface area contributed by atoms with Crippen LogP contribution in [0.4, 0.5) is 0 Å². The molecule has 1 fully saturated rings. The molecule has 4 rings (SSSR count). The molecule has 0 spiro atoms. The Morgan fingerprint density at radius 2 is 1.96 bits per heavy atom. The highest BCUT2D eigenvalue weighted by atomic mass is 15.3. The van der Waals surface area contributed by atoms with Crippen molar-refractivity contribution in [2.45, 2.75) is 31.8 Å². The lowest BCUT2D eigenvalue weighted by Gasteiger charge is -2.31. The van der Waals surface area contributed by atoms with Gasteiger partial charge in [-0.2, -0.15) is 5.26 Å². The van der Waals surface area contributed by atoms with E-state index in [-0.39, 0.29) is 0 Å². The fourth-order valence-electron chi connectivity index (χ4n) is 3.77. The van der Waals surface area contributed by atoms with E-state index in [4.69, 9.17) is 0 Å². The van der Waals surface area contributed by atoms with E-state index in [0.29, 0.717) is 12.5 Å². The van der Waals surface area contributed by atoms with Gasteiger partial charge in [0.15, 0.2) is 5.82 Å². The number of hydrogen-bond donors (Lipinski definition) is 0. The van der Waals surface area contributed by atoms with E-state index in [1.54, 1.807) is 12.5 Å². The van der Waals surface area contributed by atoms with E-state index in [9.17, 15) is 5.26 Å². The van der Waals surface area contributed by atoms with Crippen molar-refractivity contribution < 1.29 is 0 Å². The summed E-state index contributed by atoms with van der Waals surface area (Å²) in [7, 11) is 2.05. The van der Waals surface area contributed by atoms with Crippen LogP contribution >= 0.6 is 0 Å². The number of hydrogen-bond acceptors (Lipinski definition) is 5. The van der Waals surface area contributed by atoms with Gasteiger partial charge in [-0.05, 0) is 37.6 Å². The lowest BCUT2D eigenvalue weighted by atomic mass is 9.95. The van der Waals surface area contributed by atoms with E-state index in [1.165, 1.54) is 0 Å². The molecule has 7 heteroatoms. The zero-order valence-electron chi connectivity index (χ0n) is 15.5. The molecule has 0 amide bonds. The maximum Gasteiger partial charge on any atom is 0.152 e. The number of piperidine rings is 1. The van der Waals surface area contributed by atoms with Crippen LogP contribution in [0.25, 0.3) is 0 Å². The molecule has 0 bridgehead atoms. The van der Waals surface area contributed by atoms with Crippen LogP contribution in [0.1, 0.15) is 41.5 Å². The maximum absolute atomic E-state index is 9.27. The van der Waals surface area contributed by atoms with Gasteiger partial charge in [-0.3, -0.25) is 4.90 Å². The van der Waals surface area contributed by atoms with E-state index in [0.717, 1.165) is 55.3 Å². The van der Waals surface area contributed by atoms with E-state index < -0.39 is 0 Å². The number of imidazole rings is 1. The van der Waals surface area contributed by atoms with Gasteiger partial charge in [0.1, 0.15) is 5.82 Å². The van der Waals surface area contributed by atoms with Crippen molar-refractivity contribution in [2.24, 2.45) is 7.05 Å². The molecule has 2 aromatic heterocycles. The number of nitrogens with zero attached hydrogens (tertiary/aromatic N) is 7. The molecular formula is C20H23N7. The molecule has 0 radical (unpaired) electrons. The predicted octanol–water partition coefficient (Wildman–Crippen LogP) is 2.31. The Labute approximate surface area is 158 Å². The van der Waals surface area contributed by atoms with Crippen LogP contribution in [-0.4, -0.2) is 42.3 Å². The van der Waals surface area contributed by atoms with Crippen molar-refractivity contribution in [1.82, 2.24) is 29.2 Å². The molecule has 0 N–H and O–H groups in total. The number of rotatable bonds is 5. The monoisotopic (exact) mass is 361 g/mol. The smallest absolute Gasteiger partial charge is 0.152 e. The molecule has 138 valence electrons. The molecule has 27 heavy (non-hydrogen) atoms. The number of aromatic nitrogens is 5. The number of nitriles is 1. The minimum Gasteiger partial charge on any atom is -0.330 e. The van der Waals surface area contributed by atoms with Crippen LogP contribution in [0.3, 0.4) is 0 Å². The second-order valence-corrected chi connectivity index (χ2v) is 7.09. The van der Waals surface area contributed by atoms with Crippen molar-refractivity contribution >= 4 is 0 Å². The second-order valence-electron chi connectivity index (χ2n) is 7.09. The molecule has 0 aliphatic carbocycles. The summed E-state index contributed by atoms with van der Waals surface area (Å²) in [5.41, 5.74) is 1.89. The van der Waals surface area contributed by atoms with Crippen LogP contribution in [0, 0.1) is 11.3 Å². The fourth-order valence-corrected chi connectivity index (χ4v) is 3.77. The third kappa shape index (κ3) is 3.76. The highest BCUT2D eigenvalue weighted by Gasteiger charge is 2.25. The molecule has 0 saturated carbocycles. The largest absolute Gasteiger partial charge is 0.330 e. The Bertz CT molecular complexity index is 928. The normalized spacial score (nSPS) is 15.7. The first-order chi connectivity index (χ1) is 13.2. The zero-order valence-corrected chi connectivity index (χ0v) is 15.5. The molecule has 1 aliphatic heterocycles. The van der Waals surface area contributed by atoms with Crippen molar-refractivity contribution in [3.63, 3.8) is 0 Å². The quantitative estimate of drug-likeness (QED) is 0.697. The van der Waals surface area contributed by atoms with Crippen LogP contribution in [0.5, 0.6) is 0 Å². The van der Waals surface area contributed by atoms with Crippen LogP contribution < -0.4 is 0 Å². The van der Waals surface area contributed by atoms with Gasteiger partial charge in [0.05, 0.1) is 24.5 Å². The summed E-state index contributed by atoms with van der Waals surface area (Å²) in [6.07, 6.45) is 7.63. The van der Waals surface area contributed by atoms with E-state index in [2.05, 4.69) is 43.8 Å². The molecule has 1 saturated heterocycles. The molecule has 7 nitrogen and oxygen atoms in total. The van der Waals surface area contributed by atoms with Crippen LogP contribution in [0.15, 0.2) is 43.0 Å². The van der Waals surface area contributed by atoms with Gasteiger partial charge >= 0.3 is 0 Å². The summed E-state index contributed by atoms with van der Waals surface area (Å²) in [4.78, 5) is 6.51. The van der Waals surface area contributed by atoms with Crippen molar-refractivity contribution in [3.8, 4) is 6.07 Å². The maximum atomic E-state index is 9.27. The highest BCUT2D eigenvalue weighted by molar-refractivity contribution is 5.37. The topological polar surface area (TPSA) is 75.6 Å². The van der Waals surface area contributed by atoms with E-state index >= 15 is 0 Å². The second kappa shape index (κ2) is 7.72. The van der Waals surface area contributed by atoms with Gasteiger partial charge in [0, 0.05) is 31.9 Å². The van der Waals surface area contributed by atoms with Crippen LogP contribution in [0.2, 0.25) is 0 Å². The molecule has 1 aromatic carbocycles. The van der Waals surface area contributed by atoms with Gasteiger partial charge in [0.25, 0.3) is 0 Å². The summed E-state index contributed by atoms with van der Waals surface area (Å²) in [6, 6.07) is 10.2. The van der Waals surface area contributed by atoms with Gasteiger partial charge in [-0.25, -0.2) is 4.98 Å². The summed E-state index contributed by atoms with van der Waals surface area (Å²) in [6.45, 7) is 3.54. The molecule has 3 aromatic rings. The Morgan fingerprint density at radius 1 is 1.15 bits per heavy atom. The molecule has 0 atom stereocenters. The predicted molar refractivity (Wildman–Crippen MR) is 101 cm³/mol. The molecule has 3 heterocycles. The Balaban J connectivity index is 1.38. The Morgan fingerprint density at radius 3 is 2.70 bits per heavy atom. The third-order valence-electron chi connectivity index (χ3n) is 5.37. The highest BCUT2D eigenvalue weighted by Crippen LogP contribution is 2.28. The average Bonchev–Trinajstić information content (AvgIpc) is 3.34. The van der Waals surface area contributed by atoms with Gasteiger partial charge in [0.2, 0.25) is 0 Å². The van der Waals surface area contributed by atoms with Crippen molar-refractivity contribution in [2.75, 3.05) is 13.1 Å². The summed E-state index contributed by atoms with van der Waals surface area (Å²) >= 11 is 0.